The Morgan fingerprint density at radius 2 is 2.20 bits per heavy atom. The van der Waals surface area contributed by atoms with Gasteiger partial charge in [0.15, 0.2) is 6.39 Å². The van der Waals surface area contributed by atoms with E-state index in [9.17, 15) is 0 Å². The van der Waals surface area contributed by atoms with Crippen molar-refractivity contribution in [3.05, 3.63) is 18.4 Å². The molecule has 0 saturated heterocycles. The normalized spacial score (nSPS) is 10.7. The largest absolute Gasteiger partial charge is 0.451 e. The first kappa shape index (κ1) is 7.32. The molecular weight excluding hydrogens is 126 g/mol. The third kappa shape index (κ3) is 1.38. The van der Waals surface area contributed by atoms with Crippen LogP contribution in [0.15, 0.2) is 17.1 Å². The molecule has 2 heteroatoms. The lowest BCUT2D eigenvalue weighted by atomic mass is 10.0. The SMILES string of the molecule is CCC(CC)c1cocn1. The smallest absolute Gasteiger partial charge is 0.180 e. The van der Waals surface area contributed by atoms with E-state index in [0.29, 0.717) is 5.92 Å². The van der Waals surface area contributed by atoms with Crippen LogP contribution in [0.5, 0.6) is 0 Å². The molecule has 0 aromatic carbocycles. The maximum Gasteiger partial charge on any atom is 0.180 e. The van der Waals surface area contributed by atoms with Crippen LogP contribution in [0.1, 0.15) is 38.3 Å². The van der Waals surface area contributed by atoms with Gasteiger partial charge in [-0.2, -0.15) is 0 Å². The lowest BCUT2D eigenvalue weighted by Crippen LogP contribution is -1.94. The molecule has 1 heterocycles. The summed E-state index contributed by atoms with van der Waals surface area (Å²) in [5.41, 5.74) is 1.09. The molecule has 2 nitrogen and oxygen atoms in total. The fourth-order valence-corrected chi connectivity index (χ4v) is 1.13. The Morgan fingerprint density at radius 3 is 2.60 bits per heavy atom. The first-order chi connectivity index (χ1) is 4.88. The van der Waals surface area contributed by atoms with Crippen molar-refractivity contribution in [3.63, 3.8) is 0 Å². The summed E-state index contributed by atoms with van der Waals surface area (Å²) >= 11 is 0. The Bertz CT molecular complexity index is 165. The molecule has 0 aliphatic carbocycles. The Kier molecular flexibility index (Phi) is 2.49. The minimum atomic E-state index is 0.582. The summed E-state index contributed by atoms with van der Waals surface area (Å²) in [5.74, 6) is 0.582. The Labute approximate surface area is 61.3 Å². The van der Waals surface area contributed by atoms with Crippen molar-refractivity contribution in [1.82, 2.24) is 4.98 Å². The monoisotopic (exact) mass is 139 g/mol. The number of rotatable bonds is 3. The number of nitrogens with zero attached hydrogens (tertiary/aromatic N) is 1. The molecule has 1 rings (SSSR count). The van der Waals surface area contributed by atoms with E-state index in [4.69, 9.17) is 4.42 Å². The highest BCUT2D eigenvalue weighted by Gasteiger charge is 2.08. The highest BCUT2D eigenvalue weighted by atomic mass is 16.3. The van der Waals surface area contributed by atoms with E-state index in [1.165, 1.54) is 6.39 Å². The molecule has 0 unspecified atom stereocenters. The molecule has 0 radical (unpaired) electrons. The lowest BCUT2D eigenvalue weighted by Gasteiger charge is -2.05. The van der Waals surface area contributed by atoms with Gasteiger partial charge in [0, 0.05) is 5.92 Å². The number of oxazole rings is 1. The van der Waals surface area contributed by atoms with Crippen molar-refractivity contribution < 1.29 is 4.42 Å². The van der Waals surface area contributed by atoms with Crippen LogP contribution in [0, 0.1) is 0 Å². The highest BCUT2D eigenvalue weighted by molar-refractivity contribution is 4.99. The lowest BCUT2D eigenvalue weighted by molar-refractivity contribution is 0.550. The summed E-state index contributed by atoms with van der Waals surface area (Å²) < 4.78 is 4.89. The number of hydrogen-bond donors (Lipinski definition) is 0. The summed E-state index contributed by atoms with van der Waals surface area (Å²) in [6, 6.07) is 0. The predicted octanol–water partition coefficient (Wildman–Crippen LogP) is 2.58. The van der Waals surface area contributed by atoms with Crippen molar-refractivity contribution in [2.24, 2.45) is 0 Å². The average molecular weight is 139 g/mol. The fraction of sp³-hybridized carbons (Fsp3) is 0.625. The van der Waals surface area contributed by atoms with Gasteiger partial charge in [-0.1, -0.05) is 13.8 Å². The van der Waals surface area contributed by atoms with Crippen molar-refractivity contribution >= 4 is 0 Å². The minimum Gasteiger partial charge on any atom is -0.451 e. The van der Waals surface area contributed by atoms with E-state index in [2.05, 4.69) is 18.8 Å². The maximum absolute atomic E-state index is 4.89. The molecule has 0 saturated carbocycles. The third-order valence-electron chi connectivity index (χ3n) is 1.86. The van der Waals surface area contributed by atoms with Crippen LogP contribution < -0.4 is 0 Å². The van der Waals surface area contributed by atoms with Gasteiger partial charge in [0.2, 0.25) is 0 Å². The third-order valence-corrected chi connectivity index (χ3v) is 1.86. The zero-order chi connectivity index (χ0) is 7.40. The zero-order valence-corrected chi connectivity index (χ0v) is 6.50. The predicted molar refractivity (Wildman–Crippen MR) is 39.8 cm³/mol. The molecule has 0 fully saturated rings. The van der Waals surface area contributed by atoms with Crippen LogP contribution in [0.25, 0.3) is 0 Å². The molecule has 10 heavy (non-hydrogen) atoms. The summed E-state index contributed by atoms with van der Waals surface area (Å²) in [6.45, 7) is 4.34. The van der Waals surface area contributed by atoms with Crippen molar-refractivity contribution in [3.8, 4) is 0 Å². The minimum absolute atomic E-state index is 0.582. The quantitative estimate of drug-likeness (QED) is 0.643. The van der Waals surface area contributed by atoms with E-state index in [1.807, 2.05) is 0 Å². The molecular formula is C8H13NO. The van der Waals surface area contributed by atoms with Crippen molar-refractivity contribution in [1.29, 1.82) is 0 Å². The maximum atomic E-state index is 4.89. The van der Waals surface area contributed by atoms with Crippen LogP contribution in [-0.4, -0.2) is 4.98 Å². The van der Waals surface area contributed by atoms with Gasteiger partial charge >= 0.3 is 0 Å². The van der Waals surface area contributed by atoms with E-state index >= 15 is 0 Å². The number of aromatic nitrogens is 1. The molecule has 0 amide bonds. The molecule has 56 valence electrons. The van der Waals surface area contributed by atoms with Gasteiger partial charge in [-0.3, -0.25) is 0 Å². The van der Waals surface area contributed by atoms with Crippen molar-refractivity contribution in [2.45, 2.75) is 32.6 Å². The second kappa shape index (κ2) is 3.40. The van der Waals surface area contributed by atoms with Crippen LogP contribution >= 0.6 is 0 Å². The molecule has 1 aromatic rings. The van der Waals surface area contributed by atoms with E-state index < -0.39 is 0 Å². The molecule has 0 aliphatic rings. The van der Waals surface area contributed by atoms with Gasteiger partial charge in [0.1, 0.15) is 6.26 Å². The molecule has 1 aromatic heterocycles. The molecule has 0 bridgehead atoms. The Hall–Kier alpha value is -0.790. The Morgan fingerprint density at radius 1 is 1.50 bits per heavy atom. The standard InChI is InChI=1S/C8H13NO/c1-3-7(4-2)8-5-10-6-9-8/h5-7H,3-4H2,1-2H3. The highest BCUT2D eigenvalue weighted by Crippen LogP contribution is 2.20. The van der Waals surface area contributed by atoms with Crippen LogP contribution in [0.3, 0.4) is 0 Å². The van der Waals surface area contributed by atoms with Gasteiger partial charge < -0.3 is 4.42 Å². The average Bonchev–Trinajstić information content (AvgIpc) is 2.43. The first-order valence-corrected chi connectivity index (χ1v) is 3.76. The van der Waals surface area contributed by atoms with Gasteiger partial charge in [-0.15, -0.1) is 0 Å². The summed E-state index contributed by atoms with van der Waals surface area (Å²) in [5, 5.41) is 0. The summed E-state index contributed by atoms with van der Waals surface area (Å²) in [4.78, 5) is 4.09. The van der Waals surface area contributed by atoms with E-state index in [-0.39, 0.29) is 0 Å². The fourth-order valence-electron chi connectivity index (χ4n) is 1.13. The molecule has 0 aliphatic heterocycles. The zero-order valence-electron chi connectivity index (χ0n) is 6.50. The molecule has 0 N–H and O–H groups in total. The van der Waals surface area contributed by atoms with Crippen LogP contribution in [0.2, 0.25) is 0 Å². The van der Waals surface area contributed by atoms with Crippen molar-refractivity contribution in [2.75, 3.05) is 0 Å². The van der Waals surface area contributed by atoms with Gasteiger partial charge in [0.25, 0.3) is 0 Å². The Balaban J connectivity index is 2.64. The van der Waals surface area contributed by atoms with E-state index in [1.54, 1.807) is 6.26 Å². The first-order valence-electron chi connectivity index (χ1n) is 3.76. The van der Waals surface area contributed by atoms with E-state index in [0.717, 1.165) is 18.5 Å². The summed E-state index contributed by atoms with van der Waals surface area (Å²) in [7, 11) is 0. The number of hydrogen-bond acceptors (Lipinski definition) is 2. The second-order valence-electron chi connectivity index (χ2n) is 2.43. The van der Waals surface area contributed by atoms with Gasteiger partial charge in [-0.05, 0) is 12.8 Å². The summed E-state index contributed by atoms with van der Waals surface area (Å²) in [6.07, 6.45) is 5.51. The van der Waals surface area contributed by atoms with Crippen LogP contribution in [0.4, 0.5) is 0 Å². The second-order valence-corrected chi connectivity index (χ2v) is 2.43. The topological polar surface area (TPSA) is 26.0 Å². The molecule has 0 atom stereocenters. The van der Waals surface area contributed by atoms with Crippen LogP contribution in [-0.2, 0) is 0 Å². The molecule has 0 spiro atoms. The van der Waals surface area contributed by atoms with Gasteiger partial charge in [0.05, 0.1) is 5.69 Å². The van der Waals surface area contributed by atoms with Gasteiger partial charge in [-0.25, -0.2) is 4.98 Å².